The Morgan fingerprint density at radius 2 is 1.85 bits per heavy atom. The Hall–Kier alpha value is -4.18. The topological polar surface area (TPSA) is 104 Å². The molecule has 1 aliphatic rings. The molecular weight excluding hydrogens is 416 g/mol. The predicted molar refractivity (Wildman–Crippen MR) is 125 cm³/mol. The van der Waals surface area contributed by atoms with E-state index in [2.05, 4.69) is 16.7 Å². The third-order valence-electron chi connectivity index (χ3n) is 5.99. The molecule has 0 spiro atoms. The summed E-state index contributed by atoms with van der Waals surface area (Å²) in [6.45, 7) is 3.21. The molecule has 0 saturated carbocycles. The van der Waals surface area contributed by atoms with Gasteiger partial charge in [0.05, 0.1) is 6.04 Å². The lowest BCUT2D eigenvalue weighted by Crippen LogP contribution is -2.31. The van der Waals surface area contributed by atoms with Crippen molar-refractivity contribution in [3.63, 3.8) is 0 Å². The van der Waals surface area contributed by atoms with Gasteiger partial charge in [0.25, 0.3) is 11.5 Å². The van der Waals surface area contributed by atoms with Crippen LogP contribution >= 0.6 is 0 Å². The van der Waals surface area contributed by atoms with Gasteiger partial charge in [0, 0.05) is 16.9 Å². The van der Waals surface area contributed by atoms with Gasteiger partial charge in [-0.2, -0.15) is 5.26 Å². The minimum Gasteiger partial charge on any atom is -0.345 e. The summed E-state index contributed by atoms with van der Waals surface area (Å²) in [6.07, 6.45) is 1.83. The van der Waals surface area contributed by atoms with E-state index in [1.807, 2.05) is 24.3 Å². The maximum absolute atomic E-state index is 12.7. The third kappa shape index (κ3) is 4.55. The quantitative estimate of drug-likeness (QED) is 0.635. The fourth-order valence-electron chi connectivity index (χ4n) is 4.26. The number of nitriles is 1. The monoisotopic (exact) mass is 440 g/mol. The standard InChI is InChI=1S/C26H24N4O3/c1-16-13-17(2)30(26(33)22(16)14-27)15-24(31)28-20-10-7-19(8-11-20)25(32)29-23-12-9-18-5-3-4-6-21(18)23/h3-8,10-11,13,23H,9,12,15H2,1-2H3,(H,28,31)(H,29,32). The molecule has 7 heteroatoms. The highest BCUT2D eigenvalue weighted by molar-refractivity contribution is 5.96. The van der Waals surface area contributed by atoms with Crippen LogP contribution in [0.3, 0.4) is 0 Å². The number of fused-ring (bicyclic) bond motifs is 1. The largest absolute Gasteiger partial charge is 0.345 e. The molecule has 1 aliphatic carbocycles. The van der Waals surface area contributed by atoms with Crippen LogP contribution in [-0.4, -0.2) is 16.4 Å². The molecule has 0 aliphatic heterocycles. The summed E-state index contributed by atoms with van der Waals surface area (Å²) in [6, 6.07) is 18.4. The Bertz CT molecular complexity index is 1330. The minimum atomic E-state index is -0.481. The first kappa shape index (κ1) is 22.0. The highest BCUT2D eigenvalue weighted by Gasteiger charge is 2.23. The average molecular weight is 441 g/mol. The summed E-state index contributed by atoms with van der Waals surface area (Å²) in [5.74, 6) is -0.562. The van der Waals surface area contributed by atoms with E-state index < -0.39 is 11.5 Å². The van der Waals surface area contributed by atoms with Crippen molar-refractivity contribution in [1.82, 2.24) is 9.88 Å². The van der Waals surface area contributed by atoms with Gasteiger partial charge in [0.1, 0.15) is 18.2 Å². The van der Waals surface area contributed by atoms with Crippen molar-refractivity contribution in [1.29, 1.82) is 5.26 Å². The zero-order chi connectivity index (χ0) is 23.5. The normalized spacial score (nSPS) is 14.3. The highest BCUT2D eigenvalue weighted by Crippen LogP contribution is 2.30. The number of rotatable bonds is 5. The van der Waals surface area contributed by atoms with Crippen molar-refractivity contribution in [2.45, 2.75) is 39.3 Å². The van der Waals surface area contributed by atoms with E-state index in [-0.39, 0.29) is 24.1 Å². The molecule has 2 N–H and O–H groups in total. The number of benzene rings is 2. The molecule has 3 aromatic rings. The lowest BCUT2D eigenvalue weighted by Gasteiger charge is -2.15. The van der Waals surface area contributed by atoms with Crippen LogP contribution in [0.4, 0.5) is 5.69 Å². The molecule has 0 saturated heterocycles. The SMILES string of the molecule is Cc1cc(C)n(CC(=O)Nc2ccc(C(=O)NC3CCc4ccccc43)cc2)c(=O)c1C#N. The van der Waals surface area contributed by atoms with E-state index in [9.17, 15) is 19.6 Å². The van der Waals surface area contributed by atoms with Crippen molar-refractivity contribution < 1.29 is 9.59 Å². The molecule has 4 rings (SSSR count). The van der Waals surface area contributed by atoms with Crippen LogP contribution in [0.1, 0.15) is 50.8 Å². The number of hydrogen-bond donors (Lipinski definition) is 2. The van der Waals surface area contributed by atoms with Gasteiger partial charge in [0.2, 0.25) is 5.91 Å². The van der Waals surface area contributed by atoms with E-state index in [1.54, 1.807) is 44.2 Å². The number of aryl methyl sites for hydroxylation is 3. The summed E-state index contributed by atoms with van der Waals surface area (Å²) in [4.78, 5) is 37.7. The third-order valence-corrected chi connectivity index (χ3v) is 5.99. The van der Waals surface area contributed by atoms with E-state index in [0.717, 1.165) is 18.4 Å². The van der Waals surface area contributed by atoms with Gasteiger partial charge in [-0.1, -0.05) is 24.3 Å². The fraction of sp³-hybridized carbons (Fsp3) is 0.231. The predicted octanol–water partition coefficient (Wildman–Crippen LogP) is 3.39. The molecule has 166 valence electrons. The average Bonchev–Trinajstić information content (AvgIpc) is 3.20. The van der Waals surface area contributed by atoms with Crippen molar-refractivity contribution >= 4 is 17.5 Å². The minimum absolute atomic E-state index is 0.00226. The Balaban J connectivity index is 1.40. The van der Waals surface area contributed by atoms with Crippen LogP contribution in [0, 0.1) is 25.2 Å². The van der Waals surface area contributed by atoms with Crippen LogP contribution in [0.2, 0.25) is 0 Å². The number of carbonyl (C=O) groups excluding carboxylic acids is 2. The van der Waals surface area contributed by atoms with Crippen molar-refractivity contribution in [3.8, 4) is 6.07 Å². The second-order valence-electron chi connectivity index (χ2n) is 8.24. The van der Waals surface area contributed by atoms with Gasteiger partial charge in [0.15, 0.2) is 0 Å². The summed E-state index contributed by atoms with van der Waals surface area (Å²) in [5.41, 5.74) is 4.20. The van der Waals surface area contributed by atoms with Gasteiger partial charge < -0.3 is 15.2 Å². The fourth-order valence-corrected chi connectivity index (χ4v) is 4.26. The molecule has 0 radical (unpaired) electrons. The summed E-state index contributed by atoms with van der Waals surface area (Å²) in [5, 5.41) is 15.0. The van der Waals surface area contributed by atoms with Crippen LogP contribution in [0.25, 0.3) is 0 Å². The lowest BCUT2D eigenvalue weighted by molar-refractivity contribution is -0.116. The van der Waals surface area contributed by atoms with Gasteiger partial charge in [-0.15, -0.1) is 0 Å². The number of carbonyl (C=O) groups is 2. The van der Waals surface area contributed by atoms with Gasteiger partial charge in [-0.3, -0.25) is 14.4 Å². The summed E-state index contributed by atoms with van der Waals surface area (Å²) < 4.78 is 1.28. The van der Waals surface area contributed by atoms with E-state index in [0.29, 0.717) is 22.5 Å². The second-order valence-corrected chi connectivity index (χ2v) is 8.24. The van der Waals surface area contributed by atoms with Crippen molar-refractivity contribution in [3.05, 3.63) is 98.5 Å². The van der Waals surface area contributed by atoms with Crippen LogP contribution in [0.5, 0.6) is 0 Å². The molecule has 2 amide bonds. The molecule has 1 aromatic heterocycles. The zero-order valence-corrected chi connectivity index (χ0v) is 18.5. The van der Waals surface area contributed by atoms with Gasteiger partial charge >= 0.3 is 0 Å². The Labute approximate surface area is 191 Å². The van der Waals surface area contributed by atoms with Gasteiger partial charge in [-0.25, -0.2) is 0 Å². The summed E-state index contributed by atoms with van der Waals surface area (Å²) in [7, 11) is 0. The molecule has 0 fully saturated rings. The number of nitrogens with zero attached hydrogens (tertiary/aromatic N) is 2. The first-order valence-electron chi connectivity index (χ1n) is 10.8. The number of amides is 2. The Morgan fingerprint density at radius 3 is 2.58 bits per heavy atom. The molecule has 0 bridgehead atoms. The number of hydrogen-bond acceptors (Lipinski definition) is 4. The molecule has 1 heterocycles. The maximum Gasteiger partial charge on any atom is 0.269 e. The van der Waals surface area contributed by atoms with Crippen molar-refractivity contribution in [2.75, 3.05) is 5.32 Å². The van der Waals surface area contributed by atoms with Crippen LogP contribution in [-0.2, 0) is 17.8 Å². The number of aromatic nitrogens is 1. The van der Waals surface area contributed by atoms with Crippen LogP contribution in [0.15, 0.2) is 59.4 Å². The Kier molecular flexibility index (Phi) is 6.09. The van der Waals surface area contributed by atoms with Gasteiger partial charge in [-0.05, 0) is 73.7 Å². The maximum atomic E-state index is 12.7. The Morgan fingerprint density at radius 1 is 1.12 bits per heavy atom. The lowest BCUT2D eigenvalue weighted by atomic mass is 10.1. The van der Waals surface area contributed by atoms with E-state index >= 15 is 0 Å². The number of anilines is 1. The van der Waals surface area contributed by atoms with Crippen molar-refractivity contribution in [2.24, 2.45) is 0 Å². The molecule has 1 atom stereocenters. The molecule has 1 unspecified atom stereocenters. The summed E-state index contributed by atoms with van der Waals surface area (Å²) >= 11 is 0. The smallest absolute Gasteiger partial charge is 0.269 e. The molecular formula is C26H24N4O3. The molecule has 2 aromatic carbocycles. The number of pyridine rings is 1. The van der Waals surface area contributed by atoms with E-state index in [4.69, 9.17) is 0 Å². The number of nitrogens with one attached hydrogen (secondary N) is 2. The first-order chi connectivity index (χ1) is 15.9. The van der Waals surface area contributed by atoms with Crippen LogP contribution < -0.4 is 16.2 Å². The molecule has 33 heavy (non-hydrogen) atoms. The van der Waals surface area contributed by atoms with E-state index in [1.165, 1.54) is 10.1 Å². The molecule has 7 nitrogen and oxygen atoms in total. The highest BCUT2D eigenvalue weighted by atomic mass is 16.2. The zero-order valence-electron chi connectivity index (χ0n) is 18.5. The second kappa shape index (κ2) is 9.13. The first-order valence-corrected chi connectivity index (χ1v) is 10.8.